The maximum Gasteiger partial charge on any atom is 0.519 e. The van der Waals surface area contributed by atoms with Crippen molar-refractivity contribution in [2.75, 3.05) is 0 Å². The van der Waals surface area contributed by atoms with Gasteiger partial charge < -0.3 is 18.9 Å². The average molecular weight is 354 g/mol. The highest BCUT2D eigenvalue weighted by atomic mass is 16.7. The molecule has 0 amide bonds. The molecule has 0 spiro atoms. The lowest BCUT2D eigenvalue weighted by molar-refractivity contribution is -0.129. The Bertz CT molecular complexity index is 750. The van der Waals surface area contributed by atoms with Crippen molar-refractivity contribution in [1.29, 1.82) is 0 Å². The van der Waals surface area contributed by atoms with Crippen LogP contribution in [0.3, 0.4) is 0 Å². The van der Waals surface area contributed by atoms with Gasteiger partial charge in [0, 0.05) is 12.2 Å². The number of carbonyl (C=O) groups excluding carboxylic acids is 3. The van der Waals surface area contributed by atoms with Crippen LogP contribution in [0.5, 0.6) is 23.0 Å². The summed E-state index contributed by atoms with van der Waals surface area (Å²) in [5, 5.41) is 0. The van der Waals surface area contributed by atoms with Crippen LogP contribution in [0, 0.1) is 0 Å². The minimum atomic E-state index is -0.961. The van der Waals surface area contributed by atoms with E-state index in [0.29, 0.717) is 0 Å². The van der Waals surface area contributed by atoms with Crippen LogP contribution in [0.25, 0.3) is 0 Å². The van der Waals surface area contributed by atoms with Crippen molar-refractivity contribution in [3.05, 3.63) is 73.8 Å². The maximum absolute atomic E-state index is 11.8. The summed E-state index contributed by atoms with van der Waals surface area (Å²) in [4.78, 5) is 33.9. The lowest BCUT2D eigenvalue weighted by Gasteiger charge is -2.07. The Morgan fingerprint density at radius 2 is 0.846 bits per heavy atom. The molecular formula is C19H14O7. The molecule has 0 unspecified atom stereocenters. The second-order valence-electron chi connectivity index (χ2n) is 4.65. The summed E-state index contributed by atoms with van der Waals surface area (Å²) in [6.07, 6.45) is 1.10. The molecule has 0 N–H and O–H groups in total. The monoisotopic (exact) mass is 354 g/mol. The van der Waals surface area contributed by atoms with E-state index in [1.165, 1.54) is 48.5 Å². The first-order valence-corrected chi connectivity index (χ1v) is 7.28. The van der Waals surface area contributed by atoms with E-state index in [1.54, 1.807) is 0 Å². The molecule has 26 heavy (non-hydrogen) atoms. The molecule has 0 aromatic heterocycles. The van der Waals surface area contributed by atoms with Crippen LogP contribution in [0.15, 0.2) is 73.8 Å². The van der Waals surface area contributed by atoms with E-state index in [9.17, 15) is 14.4 Å². The number of carbonyl (C=O) groups is 3. The molecule has 2 rings (SSSR count). The van der Waals surface area contributed by atoms with Gasteiger partial charge in [-0.15, -0.1) is 0 Å². The molecule has 0 aliphatic carbocycles. The fraction of sp³-hybridized carbons (Fsp3) is 0. The van der Waals surface area contributed by atoms with Gasteiger partial charge in [0.15, 0.2) is 0 Å². The van der Waals surface area contributed by atoms with Gasteiger partial charge in [-0.1, -0.05) is 13.2 Å². The van der Waals surface area contributed by atoms with E-state index in [4.69, 9.17) is 18.9 Å². The third kappa shape index (κ3) is 5.64. The van der Waals surface area contributed by atoms with Crippen LogP contribution in [0.2, 0.25) is 0 Å². The second-order valence-corrected chi connectivity index (χ2v) is 4.65. The average Bonchev–Trinajstić information content (AvgIpc) is 2.64. The predicted molar refractivity (Wildman–Crippen MR) is 91.2 cm³/mol. The lowest BCUT2D eigenvalue weighted by Crippen LogP contribution is -2.13. The molecule has 7 heteroatoms. The third-order valence-corrected chi connectivity index (χ3v) is 2.82. The van der Waals surface area contributed by atoms with Gasteiger partial charge in [-0.25, -0.2) is 14.4 Å². The van der Waals surface area contributed by atoms with Crippen LogP contribution in [-0.2, 0) is 9.59 Å². The Balaban J connectivity index is 1.89. The predicted octanol–water partition coefficient (Wildman–Crippen LogP) is 3.45. The summed E-state index contributed by atoms with van der Waals surface area (Å²) in [5.74, 6) is -0.240. The normalized spacial score (nSPS) is 9.54. The van der Waals surface area contributed by atoms with E-state index in [0.717, 1.165) is 12.2 Å². The molecule has 0 aliphatic heterocycles. The van der Waals surface area contributed by atoms with Crippen molar-refractivity contribution in [2.45, 2.75) is 0 Å². The molecule has 0 radical (unpaired) electrons. The Morgan fingerprint density at radius 3 is 1.12 bits per heavy atom. The number of rotatable bonds is 6. The fourth-order valence-corrected chi connectivity index (χ4v) is 1.68. The number of esters is 2. The highest BCUT2D eigenvalue weighted by molar-refractivity contribution is 5.83. The minimum absolute atomic E-state index is 0.199. The van der Waals surface area contributed by atoms with Crippen molar-refractivity contribution in [3.63, 3.8) is 0 Å². The van der Waals surface area contributed by atoms with Crippen LogP contribution in [0.1, 0.15) is 0 Å². The van der Waals surface area contributed by atoms with E-state index < -0.39 is 18.1 Å². The zero-order chi connectivity index (χ0) is 18.9. The topological polar surface area (TPSA) is 88.1 Å². The van der Waals surface area contributed by atoms with Gasteiger partial charge in [-0.05, 0) is 48.5 Å². The first-order valence-electron chi connectivity index (χ1n) is 7.28. The van der Waals surface area contributed by atoms with E-state index in [1.807, 2.05) is 0 Å². The van der Waals surface area contributed by atoms with Gasteiger partial charge in [-0.3, -0.25) is 0 Å². The molecule has 0 saturated heterocycles. The summed E-state index contributed by atoms with van der Waals surface area (Å²) < 4.78 is 19.8. The zero-order valence-electron chi connectivity index (χ0n) is 13.5. The van der Waals surface area contributed by atoms with E-state index in [-0.39, 0.29) is 23.0 Å². The highest BCUT2D eigenvalue weighted by Gasteiger charge is 2.09. The largest absolute Gasteiger partial charge is 0.519 e. The third-order valence-electron chi connectivity index (χ3n) is 2.82. The number of ether oxygens (including phenoxy) is 4. The van der Waals surface area contributed by atoms with Crippen molar-refractivity contribution in [1.82, 2.24) is 0 Å². The van der Waals surface area contributed by atoms with Gasteiger partial charge in [0.25, 0.3) is 0 Å². The maximum atomic E-state index is 11.8. The van der Waals surface area contributed by atoms with Gasteiger partial charge in [0.1, 0.15) is 23.0 Å². The standard InChI is InChI=1S/C19H14O7/c1-3-17(20)23-13-5-9-15(10-6-13)25-19(22)26-16-11-7-14(8-12-16)24-18(21)4-2/h3-12H,1-2H2. The van der Waals surface area contributed by atoms with Gasteiger partial charge in [-0.2, -0.15) is 0 Å². The van der Waals surface area contributed by atoms with Crippen LogP contribution >= 0.6 is 0 Å². The molecular weight excluding hydrogens is 340 g/mol. The molecule has 2 aromatic rings. The van der Waals surface area contributed by atoms with Crippen LogP contribution < -0.4 is 18.9 Å². The first kappa shape index (κ1) is 18.5. The fourth-order valence-electron chi connectivity index (χ4n) is 1.68. The molecule has 0 fully saturated rings. The molecule has 7 nitrogen and oxygen atoms in total. The lowest BCUT2D eigenvalue weighted by atomic mass is 10.3. The number of hydrogen-bond donors (Lipinski definition) is 0. The van der Waals surface area contributed by atoms with Crippen LogP contribution in [0.4, 0.5) is 4.79 Å². The summed E-state index contributed by atoms with van der Waals surface area (Å²) in [7, 11) is 0. The smallest absolute Gasteiger partial charge is 0.423 e. The molecule has 0 heterocycles. The molecule has 132 valence electrons. The van der Waals surface area contributed by atoms with Crippen molar-refractivity contribution >= 4 is 18.1 Å². The molecule has 0 bridgehead atoms. The quantitative estimate of drug-likeness (QED) is 0.340. The first-order chi connectivity index (χ1) is 12.5. The van der Waals surface area contributed by atoms with E-state index >= 15 is 0 Å². The van der Waals surface area contributed by atoms with Crippen LogP contribution in [-0.4, -0.2) is 18.1 Å². The molecule has 2 aromatic carbocycles. The van der Waals surface area contributed by atoms with E-state index in [2.05, 4.69) is 13.2 Å². The van der Waals surface area contributed by atoms with Gasteiger partial charge in [0.2, 0.25) is 0 Å². The number of hydrogen-bond acceptors (Lipinski definition) is 7. The van der Waals surface area contributed by atoms with Crippen molar-refractivity contribution in [3.8, 4) is 23.0 Å². The van der Waals surface area contributed by atoms with Gasteiger partial charge >= 0.3 is 18.1 Å². The molecule has 0 aliphatic rings. The Kier molecular flexibility index (Phi) is 6.28. The Morgan fingerprint density at radius 1 is 0.577 bits per heavy atom. The van der Waals surface area contributed by atoms with Crippen molar-refractivity contribution < 1.29 is 33.3 Å². The van der Waals surface area contributed by atoms with Gasteiger partial charge in [0.05, 0.1) is 0 Å². The zero-order valence-corrected chi connectivity index (χ0v) is 13.5. The summed E-state index contributed by atoms with van der Waals surface area (Å²) in [5.41, 5.74) is 0. The summed E-state index contributed by atoms with van der Waals surface area (Å²) >= 11 is 0. The molecule has 0 atom stereocenters. The summed E-state index contributed by atoms with van der Waals surface area (Å²) in [6.45, 7) is 6.58. The Hall–Kier alpha value is -3.87. The van der Waals surface area contributed by atoms with Crippen molar-refractivity contribution in [2.24, 2.45) is 0 Å². The minimum Gasteiger partial charge on any atom is -0.423 e. The highest BCUT2D eigenvalue weighted by Crippen LogP contribution is 2.21. The Labute approximate surface area is 149 Å². The SMILES string of the molecule is C=CC(=O)Oc1ccc(OC(=O)Oc2ccc(OC(=O)C=C)cc2)cc1. The second kappa shape index (κ2) is 8.84. The molecule has 0 saturated carbocycles. The summed E-state index contributed by atoms with van der Waals surface area (Å²) in [6, 6.07) is 11.5. The number of benzene rings is 2.